The molecule has 0 fully saturated rings. The van der Waals surface area contributed by atoms with Crippen LogP contribution in [0, 0.1) is 0 Å². The molecule has 0 heterocycles. The van der Waals surface area contributed by atoms with E-state index >= 15 is 0 Å². The molecule has 0 saturated carbocycles. The molecule has 16 heavy (non-hydrogen) atoms. The molecule has 0 rings (SSSR count). The van der Waals surface area contributed by atoms with Gasteiger partial charge in [0.05, 0.1) is 0 Å². The maximum atomic E-state index is 10.8. The standard InChI is InChI=1S/C14H31NO/c1-5-9-13-15(12-8-4)14(16,10-6-2)11-7-3/h16H,5-13H2,1-4H3. The van der Waals surface area contributed by atoms with Crippen LogP contribution in [0.1, 0.15) is 72.6 Å². The predicted octanol–water partition coefficient (Wildman–Crippen LogP) is 3.79. The normalized spacial score (nSPS) is 12.4. The molecular weight excluding hydrogens is 198 g/mol. The maximum Gasteiger partial charge on any atom is 0.118 e. The zero-order valence-corrected chi connectivity index (χ0v) is 11.8. The highest BCUT2D eigenvalue weighted by Gasteiger charge is 2.31. The van der Waals surface area contributed by atoms with Gasteiger partial charge in [0.25, 0.3) is 0 Å². The smallest absolute Gasteiger partial charge is 0.118 e. The highest BCUT2D eigenvalue weighted by molar-refractivity contribution is 4.78. The van der Waals surface area contributed by atoms with Gasteiger partial charge in [0.2, 0.25) is 0 Å². The summed E-state index contributed by atoms with van der Waals surface area (Å²) in [4.78, 5) is 2.31. The first-order chi connectivity index (χ1) is 7.64. The van der Waals surface area contributed by atoms with Crippen LogP contribution in [0.15, 0.2) is 0 Å². The van der Waals surface area contributed by atoms with E-state index in [-0.39, 0.29) is 0 Å². The van der Waals surface area contributed by atoms with Crippen molar-refractivity contribution in [2.24, 2.45) is 0 Å². The van der Waals surface area contributed by atoms with E-state index in [0.29, 0.717) is 0 Å². The Morgan fingerprint density at radius 3 is 1.75 bits per heavy atom. The van der Waals surface area contributed by atoms with Gasteiger partial charge in [0.1, 0.15) is 5.72 Å². The van der Waals surface area contributed by atoms with Crippen molar-refractivity contribution in [1.29, 1.82) is 0 Å². The second-order valence-electron chi connectivity index (χ2n) is 4.82. The topological polar surface area (TPSA) is 23.5 Å². The molecule has 0 bridgehead atoms. The van der Waals surface area contributed by atoms with E-state index in [2.05, 4.69) is 32.6 Å². The first-order valence-corrected chi connectivity index (χ1v) is 7.12. The molecule has 0 spiro atoms. The Morgan fingerprint density at radius 1 is 0.812 bits per heavy atom. The van der Waals surface area contributed by atoms with Crippen LogP contribution in [-0.4, -0.2) is 28.8 Å². The fraction of sp³-hybridized carbons (Fsp3) is 1.00. The lowest BCUT2D eigenvalue weighted by Gasteiger charge is -2.40. The maximum absolute atomic E-state index is 10.8. The summed E-state index contributed by atoms with van der Waals surface area (Å²) >= 11 is 0. The third-order valence-electron chi connectivity index (χ3n) is 3.16. The fourth-order valence-corrected chi connectivity index (χ4v) is 2.39. The quantitative estimate of drug-likeness (QED) is 0.576. The number of hydrogen-bond donors (Lipinski definition) is 1. The highest BCUT2D eigenvalue weighted by Crippen LogP contribution is 2.25. The van der Waals surface area contributed by atoms with Gasteiger partial charge in [-0.15, -0.1) is 0 Å². The zero-order valence-electron chi connectivity index (χ0n) is 11.8. The predicted molar refractivity (Wildman–Crippen MR) is 71.5 cm³/mol. The van der Waals surface area contributed by atoms with Gasteiger partial charge in [-0.2, -0.15) is 0 Å². The summed E-state index contributed by atoms with van der Waals surface area (Å²) in [6.07, 6.45) is 7.45. The summed E-state index contributed by atoms with van der Waals surface area (Å²) in [7, 11) is 0. The van der Waals surface area contributed by atoms with Crippen molar-refractivity contribution < 1.29 is 5.11 Å². The van der Waals surface area contributed by atoms with Crippen molar-refractivity contribution in [3.63, 3.8) is 0 Å². The third-order valence-corrected chi connectivity index (χ3v) is 3.16. The van der Waals surface area contributed by atoms with Crippen molar-refractivity contribution in [2.45, 2.75) is 78.4 Å². The molecule has 0 aliphatic heterocycles. The largest absolute Gasteiger partial charge is 0.376 e. The number of nitrogens with zero attached hydrogens (tertiary/aromatic N) is 1. The first-order valence-electron chi connectivity index (χ1n) is 7.12. The van der Waals surface area contributed by atoms with Crippen molar-refractivity contribution >= 4 is 0 Å². The van der Waals surface area contributed by atoms with Crippen molar-refractivity contribution in [3.05, 3.63) is 0 Å². The van der Waals surface area contributed by atoms with Gasteiger partial charge in [0.15, 0.2) is 0 Å². The van der Waals surface area contributed by atoms with Gasteiger partial charge < -0.3 is 5.11 Å². The Morgan fingerprint density at radius 2 is 1.38 bits per heavy atom. The van der Waals surface area contributed by atoms with Crippen LogP contribution in [0.2, 0.25) is 0 Å². The zero-order chi connectivity index (χ0) is 12.4. The lowest BCUT2D eigenvalue weighted by atomic mass is 9.99. The van der Waals surface area contributed by atoms with Crippen molar-refractivity contribution in [1.82, 2.24) is 4.90 Å². The van der Waals surface area contributed by atoms with Crippen LogP contribution < -0.4 is 0 Å². The molecule has 0 aromatic heterocycles. The highest BCUT2D eigenvalue weighted by atomic mass is 16.3. The molecule has 0 aliphatic rings. The van der Waals surface area contributed by atoms with E-state index in [4.69, 9.17) is 0 Å². The van der Waals surface area contributed by atoms with E-state index in [1.807, 2.05) is 0 Å². The average molecular weight is 229 g/mol. The molecule has 98 valence electrons. The molecular formula is C14H31NO. The van der Waals surface area contributed by atoms with Crippen LogP contribution in [0.4, 0.5) is 0 Å². The number of rotatable bonds is 10. The van der Waals surface area contributed by atoms with E-state index in [1.165, 1.54) is 12.8 Å². The molecule has 0 amide bonds. The van der Waals surface area contributed by atoms with Crippen molar-refractivity contribution in [3.8, 4) is 0 Å². The van der Waals surface area contributed by atoms with E-state index in [9.17, 15) is 5.11 Å². The van der Waals surface area contributed by atoms with Gasteiger partial charge in [-0.1, -0.05) is 47.0 Å². The lowest BCUT2D eigenvalue weighted by Crippen LogP contribution is -2.49. The van der Waals surface area contributed by atoms with Gasteiger partial charge in [0, 0.05) is 13.1 Å². The Labute approximate surface area is 102 Å². The Kier molecular flexibility index (Phi) is 8.96. The van der Waals surface area contributed by atoms with Crippen LogP contribution >= 0.6 is 0 Å². The fourth-order valence-electron chi connectivity index (χ4n) is 2.39. The Bertz CT molecular complexity index is 153. The van der Waals surface area contributed by atoms with Gasteiger partial charge in [-0.05, 0) is 25.7 Å². The summed E-state index contributed by atoms with van der Waals surface area (Å²) in [5, 5.41) is 10.8. The number of hydrogen-bond acceptors (Lipinski definition) is 2. The molecule has 2 nitrogen and oxygen atoms in total. The molecule has 2 heteroatoms. The monoisotopic (exact) mass is 229 g/mol. The molecule has 0 radical (unpaired) electrons. The Hall–Kier alpha value is -0.0800. The van der Waals surface area contributed by atoms with Crippen LogP contribution in [0.25, 0.3) is 0 Å². The molecule has 0 aliphatic carbocycles. The molecule has 0 unspecified atom stereocenters. The lowest BCUT2D eigenvalue weighted by molar-refractivity contribution is -0.121. The minimum absolute atomic E-state index is 0.547. The summed E-state index contributed by atoms with van der Waals surface area (Å²) in [6.45, 7) is 10.8. The van der Waals surface area contributed by atoms with E-state index in [0.717, 1.165) is 45.2 Å². The summed E-state index contributed by atoms with van der Waals surface area (Å²) in [5.41, 5.74) is -0.547. The summed E-state index contributed by atoms with van der Waals surface area (Å²) < 4.78 is 0. The first kappa shape index (κ1) is 15.9. The van der Waals surface area contributed by atoms with Gasteiger partial charge in [-0.3, -0.25) is 4.90 Å². The van der Waals surface area contributed by atoms with Crippen molar-refractivity contribution in [2.75, 3.05) is 13.1 Å². The number of aliphatic hydroxyl groups is 1. The SMILES string of the molecule is CCCCN(CCC)C(O)(CCC)CCC. The molecule has 0 saturated heterocycles. The second kappa shape index (κ2) is 9.00. The second-order valence-corrected chi connectivity index (χ2v) is 4.82. The van der Waals surface area contributed by atoms with Crippen LogP contribution in [0.3, 0.4) is 0 Å². The van der Waals surface area contributed by atoms with Gasteiger partial charge in [-0.25, -0.2) is 0 Å². The molecule has 1 N–H and O–H groups in total. The minimum Gasteiger partial charge on any atom is -0.376 e. The third kappa shape index (κ3) is 5.31. The van der Waals surface area contributed by atoms with Crippen LogP contribution in [-0.2, 0) is 0 Å². The van der Waals surface area contributed by atoms with E-state index < -0.39 is 5.72 Å². The van der Waals surface area contributed by atoms with Gasteiger partial charge >= 0.3 is 0 Å². The number of unbranched alkanes of at least 4 members (excludes halogenated alkanes) is 1. The van der Waals surface area contributed by atoms with Crippen LogP contribution in [0.5, 0.6) is 0 Å². The average Bonchev–Trinajstić information content (AvgIpc) is 2.24. The van der Waals surface area contributed by atoms with E-state index in [1.54, 1.807) is 0 Å². The summed E-state index contributed by atoms with van der Waals surface area (Å²) in [5.74, 6) is 0. The molecule has 0 aromatic carbocycles. The summed E-state index contributed by atoms with van der Waals surface area (Å²) in [6, 6.07) is 0. The Balaban J connectivity index is 4.49. The molecule has 0 atom stereocenters. The minimum atomic E-state index is -0.547. The molecule has 0 aromatic rings.